The van der Waals surface area contributed by atoms with E-state index in [2.05, 4.69) is 10.4 Å². The van der Waals surface area contributed by atoms with Crippen LogP contribution in [-0.2, 0) is 19.3 Å². The van der Waals surface area contributed by atoms with E-state index in [-0.39, 0.29) is 6.54 Å². The molecule has 0 radical (unpaired) electrons. The molecule has 2 aromatic rings. The van der Waals surface area contributed by atoms with Gasteiger partial charge in [-0.1, -0.05) is 0 Å². The van der Waals surface area contributed by atoms with Crippen LogP contribution in [0.15, 0.2) is 28.8 Å². The van der Waals surface area contributed by atoms with E-state index in [1.165, 1.54) is 23.7 Å². The minimum Gasteiger partial charge on any atom is -0.463 e. The number of hydrogen-bond donors (Lipinski definition) is 1. The van der Waals surface area contributed by atoms with Crippen LogP contribution in [0, 0.1) is 0 Å². The highest BCUT2D eigenvalue weighted by Gasteiger charge is 2.33. The highest BCUT2D eigenvalue weighted by molar-refractivity contribution is 5.09. The standard InChI is InChI=1S/C13H14F3N3O/c14-13(15,16)12-5-6-19(18-12)8-11-4-3-10(20-11)7-17-9-1-2-9/h3-6,9,17H,1-2,7-8H2. The summed E-state index contributed by atoms with van der Waals surface area (Å²) in [6, 6.07) is 5.14. The monoisotopic (exact) mass is 285 g/mol. The zero-order valence-electron chi connectivity index (χ0n) is 10.7. The van der Waals surface area contributed by atoms with E-state index >= 15 is 0 Å². The second-order valence-electron chi connectivity index (χ2n) is 4.92. The van der Waals surface area contributed by atoms with Crippen LogP contribution in [-0.4, -0.2) is 15.8 Å². The molecule has 20 heavy (non-hydrogen) atoms. The summed E-state index contributed by atoms with van der Waals surface area (Å²) in [5.74, 6) is 1.38. The molecule has 7 heteroatoms. The van der Waals surface area contributed by atoms with Crippen molar-refractivity contribution in [2.75, 3.05) is 0 Å². The number of aromatic nitrogens is 2. The van der Waals surface area contributed by atoms with Crippen molar-refractivity contribution in [1.82, 2.24) is 15.1 Å². The SMILES string of the molecule is FC(F)(F)c1ccn(Cc2ccc(CNC3CC3)o2)n1. The largest absolute Gasteiger partial charge is 0.463 e. The number of hydrogen-bond acceptors (Lipinski definition) is 3. The van der Waals surface area contributed by atoms with Crippen LogP contribution in [0.3, 0.4) is 0 Å². The lowest BCUT2D eigenvalue weighted by atomic mass is 10.4. The Morgan fingerprint density at radius 2 is 2.00 bits per heavy atom. The number of rotatable bonds is 5. The lowest BCUT2D eigenvalue weighted by Crippen LogP contribution is -2.14. The molecule has 0 amide bonds. The first-order valence-corrected chi connectivity index (χ1v) is 6.42. The molecule has 0 atom stereocenters. The van der Waals surface area contributed by atoms with E-state index in [4.69, 9.17) is 4.42 Å². The molecule has 0 aromatic carbocycles. The van der Waals surface area contributed by atoms with Crippen LogP contribution in [0.2, 0.25) is 0 Å². The van der Waals surface area contributed by atoms with E-state index < -0.39 is 11.9 Å². The second-order valence-corrected chi connectivity index (χ2v) is 4.92. The van der Waals surface area contributed by atoms with E-state index in [1.54, 1.807) is 6.07 Å². The third-order valence-electron chi connectivity index (χ3n) is 3.11. The van der Waals surface area contributed by atoms with E-state index in [0.717, 1.165) is 11.8 Å². The molecule has 1 fully saturated rings. The smallest absolute Gasteiger partial charge is 0.435 e. The van der Waals surface area contributed by atoms with Crippen LogP contribution in [0.5, 0.6) is 0 Å². The van der Waals surface area contributed by atoms with Gasteiger partial charge >= 0.3 is 6.18 Å². The third kappa shape index (κ3) is 3.22. The molecule has 0 spiro atoms. The van der Waals surface area contributed by atoms with Crippen molar-refractivity contribution in [3.8, 4) is 0 Å². The van der Waals surface area contributed by atoms with Gasteiger partial charge in [-0.05, 0) is 31.0 Å². The minimum absolute atomic E-state index is 0.194. The summed E-state index contributed by atoms with van der Waals surface area (Å²) in [5, 5.41) is 6.80. The summed E-state index contributed by atoms with van der Waals surface area (Å²) in [4.78, 5) is 0. The predicted molar refractivity (Wildman–Crippen MR) is 64.9 cm³/mol. The normalized spacial score (nSPS) is 15.8. The van der Waals surface area contributed by atoms with Crippen molar-refractivity contribution < 1.29 is 17.6 Å². The van der Waals surface area contributed by atoms with Gasteiger partial charge < -0.3 is 9.73 Å². The predicted octanol–water partition coefficient (Wildman–Crippen LogP) is 2.80. The highest BCUT2D eigenvalue weighted by Crippen LogP contribution is 2.27. The molecule has 0 saturated heterocycles. The fourth-order valence-corrected chi connectivity index (χ4v) is 1.90. The van der Waals surface area contributed by atoms with Crippen molar-refractivity contribution in [3.05, 3.63) is 41.6 Å². The molecule has 2 aromatic heterocycles. The Kier molecular flexibility index (Phi) is 3.29. The van der Waals surface area contributed by atoms with Crippen molar-refractivity contribution in [1.29, 1.82) is 0 Å². The zero-order chi connectivity index (χ0) is 14.2. The summed E-state index contributed by atoms with van der Waals surface area (Å²) >= 11 is 0. The highest BCUT2D eigenvalue weighted by atomic mass is 19.4. The molecule has 108 valence electrons. The van der Waals surface area contributed by atoms with Crippen molar-refractivity contribution in [3.63, 3.8) is 0 Å². The molecule has 0 aliphatic heterocycles. The second kappa shape index (κ2) is 4.97. The van der Waals surface area contributed by atoms with E-state index in [1.807, 2.05) is 6.07 Å². The van der Waals surface area contributed by atoms with E-state index in [0.29, 0.717) is 18.3 Å². The van der Waals surface area contributed by atoms with E-state index in [9.17, 15) is 13.2 Å². The van der Waals surface area contributed by atoms with Gasteiger partial charge in [0.15, 0.2) is 5.69 Å². The molecule has 1 aliphatic carbocycles. The van der Waals surface area contributed by atoms with Crippen LogP contribution in [0.1, 0.15) is 30.1 Å². The molecule has 0 unspecified atom stereocenters. The van der Waals surface area contributed by atoms with Gasteiger partial charge in [-0.25, -0.2) is 0 Å². The van der Waals surface area contributed by atoms with Gasteiger partial charge in [-0.15, -0.1) is 0 Å². The molecule has 2 heterocycles. The number of alkyl halides is 3. The fourth-order valence-electron chi connectivity index (χ4n) is 1.90. The quantitative estimate of drug-likeness (QED) is 0.918. The lowest BCUT2D eigenvalue weighted by molar-refractivity contribution is -0.141. The van der Waals surface area contributed by atoms with Gasteiger partial charge in [0.1, 0.15) is 11.5 Å². The van der Waals surface area contributed by atoms with Crippen LogP contribution >= 0.6 is 0 Å². The van der Waals surface area contributed by atoms with Gasteiger partial charge in [0.2, 0.25) is 0 Å². The van der Waals surface area contributed by atoms with Crippen molar-refractivity contribution in [2.45, 2.75) is 38.1 Å². The average Bonchev–Trinajstić information content (AvgIpc) is 2.89. The molecular weight excluding hydrogens is 271 g/mol. The van der Waals surface area contributed by atoms with Gasteiger partial charge in [-0.3, -0.25) is 4.68 Å². The van der Waals surface area contributed by atoms with Crippen molar-refractivity contribution in [2.24, 2.45) is 0 Å². The molecule has 4 nitrogen and oxygen atoms in total. The Hall–Kier alpha value is -1.76. The van der Waals surface area contributed by atoms with Crippen molar-refractivity contribution >= 4 is 0 Å². The number of nitrogens with one attached hydrogen (secondary N) is 1. The molecular formula is C13H14F3N3O. The van der Waals surface area contributed by atoms with Crippen LogP contribution < -0.4 is 5.32 Å². The number of halogens is 3. The molecule has 1 N–H and O–H groups in total. The fraction of sp³-hybridized carbons (Fsp3) is 0.462. The number of furan rings is 1. The van der Waals surface area contributed by atoms with Gasteiger partial charge in [-0.2, -0.15) is 18.3 Å². The van der Waals surface area contributed by atoms with Gasteiger partial charge in [0, 0.05) is 12.2 Å². The maximum absolute atomic E-state index is 12.4. The van der Waals surface area contributed by atoms with Gasteiger partial charge in [0.25, 0.3) is 0 Å². The number of nitrogens with zero attached hydrogens (tertiary/aromatic N) is 2. The first-order valence-electron chi connectivity index (χ1n) is 6.42. The average molecular weight is 285 g/mol. The first kappa shape index (κ1) is 13.2. The molecule has 1 saturated carbocycles. The summed E-state index contributed by atoms with van der Waals surface area (Å²) < 4.78 is 44.0. The summed E-state index contributed by atoms with van der Waals surface area (Å²) in [6.07, 6.45) is -0.719. The summed E-state index contributed by atoms with van der Waals surface area (Å²) in [7, 11) is 0. The maximum Gasteiger partial charge on any atom is 0.435 e. The Bertz CT molecular complexity index is 584. The zero-order valence-corrected chi connectivity index (χ0v) is 10.7. The first-order chi connectivity index (χ1) is 9.50. The lowest BCUT2D eigenvalue weighted by Gasteiger charge is -2.02. The molecule has 0 bridgehead atoms. The summed E-state index contributed by atoms with van der Waals surface area (Å²) in [5.41, 5.74) is -0.889. The van der Waals surface area contributed by atoms with Crippen LogP contribution in [0.4, 0.5) is 13.2 Å². The topological polar surface area (TPSA) is 43.0 Å². The Morgan fingerprint density at radius 1 is 1.25 bits per heavy atom. The molecule has 1 aliphatic rings. The minimum atomic E-state index is -4.41. The Labute approximate surface area is 113 Å². The Morgan fingerprint density at radius 3 is 2.65 bits per heavy atom. The Balaban J connectivity index is 1.60. The van der Waals surface area contributed by atoms with Crippen LogP contribution in [0.25, 0.3) is 0 Å². The molecule has 3 rings (SSSR count). The third-order valence-corrected chi connectivity index (χ3v) is 3.11. The van der Waals surface area contributed by atoms with Gasteiger partial charge in [0.05, 0.1) is 13.1 Å². The maximum atomic E-state index is 12.4. The summed E-state index contributed by atoms with van der Waals surface area (Å²) in [6.45, 7) is 0.844.